The van der Waals surface area contributed by atoms with Crippen molar-refractivity contribution in [3.05, 3.63) is 20.7 Å². The van der Waals surface area contributed by atoms with Crippen molar-refractivity contribution in [3.63, 3.8) is 0 Å². The largest absolute Gasteiger partial charge is 0.329 e. The second-order valence-electron chi connectivity index (χ2n) is 3.10. The van der Waals surface area contributed by atoms with Gasteiger partial charge in [-0.25, -0.2) is 13.4 Å². The van der Waals surface area contributed by atoms with Crippen LogP contribution in [0.15, 0.2) is 17.3 Å². The van der Waals surface area contributed by atoms with E-state index < -0.39 is 9.84 Å². The van der Waals surface area contributed by atoms with E-state index >= 15 is 0 Å². The average Bonchev–Trinajstić information content (AvgIpc) is 2.47. The summed E-state index contributed by atoms with van der Waals surface area (Å²) in [4.78, 5) is 6.70. The summed E-state index contributed by atoms with van der Waals surface area (Å²) in [6, 6.07) is 3.41. The molecule has 0 aliphatic heterocycles. The highest BCUT2D eigenvalue weighted by molar-refractivity contribution is 14.1. The van der Waals surface area contributed by atoms with Gasteiger partial charge in [-0.2, -0.15) is 0 Å². The number of nitrogens with one attached hydrogen (secondary N) is 1. The van der Waals surface area contributed by atoms with Crippen LogP contribution in [0.1, 0.15) is 0 Å². The minimum absolute atomic E-state index is 0.0319. The van der Waals surface area contributed by atoms with Gasteiger partial charge in [-0.3, -0.25) is 0 Å². The van der Waals surface area contributed by atoms with Gasteiger partial charge >= 0.3 is 0 Å². The SMILES string of the molecule is CS(=O)(=O)c1nc2cc(I)c(Cl)cc2[nH]1. The summed E-state index contributed by atoms with van der Waals surface area (Å²) in [5, 5.41) is 0.544. The minimum atomic E-state index is -3.30. The number of hydrogen-bond acceptors (Lipinski definition) is 3. The summed E-state index contributed by atoms with van der Waals surface area (Å²) in [5.74, 6) is 0. The molecule has 2 aromatic rings. The second kappa shape index (κ2) is 3.60. The lowest BCUT2D eigenvalue weighted by atomic mass is 10.3. The molecule has 0 spiro atoms. The van der Waals surface area contributed by atoms with E-state index in [1.807, 2.05) is 0 Å². The number of fused-ring (bicyclic) bond motifs is 1. The number of benzene rings is 1. The molecule has 0 aliphatic carbocycles. The van der Waals surface area contributed by atoms with Crippen LogP contribution < -0.4 is 0 Å². The standard InChI is InChI=1S/C8H6ClIN2O2S/c1-15(13,14)8-11-6-2-4(9)5(10)3-7(6)12-8/h2-3H,1H3,(H,11,12). The van der Waals surface area contributed by atoms with Crippen LogP contribution in [-0.4, -0.2) is 24.6 Å². The number of nitrogens with zero attached hydrogens (tertiary/aromatic N) is 1. The van der Waals surface area contributed by atoms with Crippen molar-refractivity contribution in [2.45, 2.75) is 5.16 Å². The van der Waals surface area contributed by atoms with E-state index in [9.17, 15) is 8.42 Å². The van der Waals surface area contributed by atoms with Crippen LogP contribution in [0, 0.1) is 3.57 Å². The first-order chi connectivity index (χ1) is 6.88. The van der Waals surface area contributed by atoms with E-state index in [4.69, 9.17) is 11.6 Å². The lowest BCUT2D eigenvalue weighted by molar-refractivity contribution is 0.595. The third-order valence-corrected chi connectivity index (χ3v) is 4.27. The molecule has 80 valence electrons. The molecular weight excluding hydrogens is 351 g/mol. The molecule has 15 heavy (non-hydrogen) atoms. The van der Waals surface area contributed by atoms with E-state index in [0.717, 1.165) is 9.83 Å². The molecule has 1 N–H and O–H groups in total. The summed E-state index contributed by atoms with van der Waals surface area (Å²) in [5.41, 5.74) is 1.23. The normalized spacial score (nSPS) is 12.2. The first-order valence-electron chi connectivity index (χ1n) is 3.93. The molecule has 2 rings (SSSR count). The summed E-state index contributed by atoms with van der Waals surface area (Å²) in [6.45, 7) is 0. The van der Waals surface area contributed by atoms with E-state index in [1.54, 1.807) is 12.1 Å². The van der Waals surface area contributed by atoms with Crippen molar-refractivity contribution >= 4 is 55.1 Å². The maximum absolute atomic E-state index is 11.2. The van der Waals surface area contributed by atoms with E-state index in [1.165, 1.54) is 0 Å². The quantitative estimate of drug-likeness (QED) is 0.797. The van der Waals surface area contributed by atoms with Gasteiger partial charge in [0.1, 0.15) is 0 Å². The molecule has 0 amide bonds. The number of aromatic nitrogens is 2. The van der Waals surface area contributed by atoms with Gasteiger partial charge in [0.15, 0.2) is 0 Å². The topological polar surface area (TPSA) is 62.8 Å². The zero-order valence-corrected chi connectivity index (χ0v) is 11.3. The highest BCUT2D eigenvalue weighted by Crippen LogP contribution is 2.24. The van der Waals surface area contributed by atoms with Crippen LogP contribution >= 0.6 is 34.2 Å². The van der Waals surface area contributed by atoms with Crippen molar-refractivity contribution in [1.82, 2.24) is 9.97 Å². The third kappa shape index (κ3) is 2.11. The minimum Gasteiger partial charge on any atom is -0.329 e. The first kappa shape index (κ1) is 11.2. The Morgan fingerprint density at radius 2 is 2.13 bits per heavy atom. The summed E-state index contributed by atoms with van der Waals surface area (Å²) >= 11 is 7.97. The average molecular weight is 357 g/mol. The molecule has 1 heterocycles. The predicted molar refractivity (Wildman–Crippen MR) is 66.9 cm³/mol. The zero-order chi connectivity index (χ0) is 11.2. The Balaban J connectivity index is 2.77. The van der Waals surface area contributed by atoms with Crippen molar-refractivity contribution in [3.8, 4) is 0 Å². The molecule has 1 aromatic heterocycles. The van der Waals surface area contributed by atoms with Crippen molar-refractivity contribution in [1.29, 1.82) is 0 Å². The van der Waals surface area contributed by atoms with Gasteiger partial charge in [-0.15, -0.1) is 0 Å². The van der Waals surface area contributed by atoms with Crippen LogP contribution in [-0.2, 0) is 9.84 Å². The monoisotopic (exact) mass is 356 g/mol. The van der Waals surface area contributed by atoms with Gasteiger partial charge in [0.05, 0.1) is 16.1 Å². The van der Waals surface area contributed by atoms with Gasteiger partial charge < -0.3 is 4.98 Å². The third-order valence-electron chi connectivity index (χ3n) is 1.85. The molecule has 7 heteroatoms. The van der Waals surface area contributed by atoms with E-state index in [-0.39, 0.29) is 5.16 Å². The summed E-state index contributed by atoms with van der Waals surface area (Å²) in [6.07, 6.45) is 1.11. The molecule has 0 fully saturated rings. The fraction of sp³-hybridized carbons (Fsp3) is 0.125. The number of hydrogen-bond donors (Lipinski definition) is 1. The number of aromatic amines is 1. The second-order valence-corrected chi connectivity index (χ2v) is 6.60. The Hall–Kier alpha value is -0.340. The number of H-pyrrole nitrogens is 1. The zero-order valence-electron chi connectivity index (χ0n) is 7.58. The fourth-order valence-corrected chi connectivity index (χ4v) is 2.33. The Bertz CT molecular complexity index is 596. The summed E-state index contributed by atoms with van der Waals surface area (Å²) < 4.78 is 23.3. The lowest BCUT2D eigenvalue weighted by Crippen LogP contribution is -1.98. The van der Waals surface area contributed by atoms with Gasteiger partial charge in [0, 0.05) is 9.83 Å². The van der Waals surface area contributed by atoms with Crippen LogP contribution in [0.25, 0.3) is 11.0 Å². The highest BCUT2D eigenvalue weighted by atomic mass is 127. The Morgan fingerprint density at radius 3 is 2.73 bits per heavy atom. The molecule has 0 aliphatic rings. The molecule has 0 saturated heterocycles. The van der Waals surface area contributed by atoms with Crippen molar-refractivity contribution in [2.75, 3.05) is 6.26 Å². The molecule has 4 nitrogen and oxygen atoms in total. The summed E-state index contributed by atoms with van der Waals surface area (Å²) in [7, 11) is -3.30. The molecule has 0 radical (unpaired) electrons. The van der Waals surface area contributed by atoms with Crippen LogP contribution in [0.2, 0.25) is 5.02 Å². The Morgan fingerprint density at radius 1 is 1.47 bits per heavy atom. The van der Waals surface area contributed by atoms with Crippen LogP contribution in [0.4, 0.5) is 0 Å². The molecule has 0 bridgehead atoms. The number of sulfone groups is 1. The molecular formula is C8H6ClIN2O2S. The fourth-order valence-electron chi connectivity index (χ4n) is 1.16. The van der Waals surface area contributed by atoms with Crippen molar-refractivity contribution in [2.24, 2.45) is 0 Å². The highest BCUT2D eigenvalue weighted by Gasteiger charge is 2.13. The molecule has 1 aromatic carbocycles. The smallest absolute Gasteiger partial charge is 0.225 e. The number of rotatable bonds is 1. The van der Waals surface area contributed by atoms with Crippen molar-refractivity contribution < 1.29 is 8.42 Å². The maximum atomic E-state index is 11.2. The predicted octanol–water partition coefficient (Wildman–Crippen LogP) is 2.22. The Labute approximate surface area is 105 Å². The molecule has 0 atom stereocenters. The van der Waals surface area contributed by atoms with Gasteiger partial charge in [-0.05, 0) is 34.7 Å². The number of halogens is 2. The van der Waals surface area contributed by atoms with E-state index in [2.05, 4.69) is 32.6 Å². The Kier molecular flexibility index (Phi) is 2.68. The van der Waals surface area contributed by atoms with Gasteiger partial charge in [0.25, 0.3) is 0 Å². The van der Waals surface area contributed by atoms with Crippen LogP contribution in [0.5, 0.6) is 0 Å². The first-order valence-corrected chi connectivity index (χ1v) is 7.27. The molecule has 0 saturated carbocycles. The lowest BCUT2D eigenvalue weighted by Gasteiger charge is -1.93. The number of imidazole rings is 1. The van der Waals surface area contributed by atoms with Crippen LogP contribution in [0.3, 0.4) is 0 Å². The van der Waals surface area contributed by atoms with E-state index in [0.29, 0.717) is 16.1 Å². The van der Waals surface area contributed by atoms with Gasteiger partial charge in [-0.1, -0.05) is 11.6 Å². The maximum Gasteiger partial charge on any atom is 0.225 e. The van der Waals surface area contributed by atoms with Gasteiger partial charge in [0.2, 0.25) is 15.0 Å². The molecule has 0 unspecified atom stereocenters.